The molecule has 1 N–H and O–H groups in total. The van der Waals surface area contributed by atoms with Crippen LogP contribution in [0.4, 0.5) is 0 Å². The third-order valence-electron chi connectivity index (χ3n) is 5.49. The van der Waals surface area contributed by atoms with Gasteiger partial charge in [0.1, 0.15) is 11.9 Å². The molecule has 146 valence electrons. The van der Waals surface area contributed by atoms with Gasteiger partial charge in [-0.05, 0) is 32.4 Å². The van der Waals surface area contributed by atoms with E-state index in [1.54, 1.807) is 7.11 Å². The third kappa shape index (κ3) is 2.47. The van der Waals surface area contributed by atoms with Crippen LogP contribution >= 0.6 is 0 Å². The normalized spacial score (nSPS) is 20.4. The first-order valence-electron chi connectivity index (χ1n) is 9.36. The Labute approximate surface area is 163 Å². The van der Waals surface area contributed by atoms with Crippen LogP contribution in [0.15, 0.2) is 29.8 Å². The molecule has 5 rings (SSSR count). The smallest absolute Gasteiger partial charge is 0.231 e. The molecule has 0 saturated heterocycles. The van der Waals surface area contributed by atoms with Crippen molar-refractivity contribution in [1.29, 1.82) is 0 Å². The lowest BCUT2D eigenvalue weighted by Gasteiger charge is -2.30. The summed E-state index contributed by atoms with van der Waals surface area (Å²) in [5.74, 6) is 3.30. The SMILES string of the molecule is COc1c(O)c(CC=C(C)C)cc2c1OCC1c3cc4c(cc3OC21)OCO4. The summed E-state index contributed by atoms with van der Waals surface area (Å²) >= 11 is 0. The van der Waals surface area contributed by atoms with Crippen molar-refractivity contribution >= 4 is 0 Å². The molecular formula is C22H22O6. The Kier molecular flexibility index (Phi) is 3.82. The zero-order valence-corrected chi connectivity index (χ0v) is 16.1. The molecule has 0 fully saturated rings. The van der Waals surface area contributed by atoms with Gasteiger partial charge in [-0.25, -0.2) is 0 Å². The van der Waals surface area contributed by atoms with Gasteiger partial charge in [0.15, 0.2) is 23.0 Å². The average Bonchev–Trinajstić information content (AvgIpc) is 3.27. The summed E-state index contributed by atoms with van der Waals surface area (Å²) in [5, 5.41) is 10.7. The Morgan fingerprint density at radius 3 is 2.64 bits per heavy atom. The molecule has 3 heterocycles. The Balaban J connectivity index is 1.59. The number of fused-ring (bicyclic) bond motifs is 6. The summed E-state index contributed by atoms with van der Waals surface area (Å²) < 4.78 is 28.8. The molecule has 28 heavy (non-hydrogen) atoms. The molecule has 0 aliphatic carbocycles. The van der Waals surface area contributed by atoms with E-state index in [-0.39, 0.29) is 24.6 Å². The van der Waals surface area contributed by atoms with Crippen molar-refractivity contribution in [3.8, 4) is 34.5 Å². The molecule has 0 aromatic heterocycles. The number of hydrogen-bond acceptors (Lipinski definition) is 6. The quantitative estimate of drug-likeness (QED) is 0.801. The molecule has 0 amide bonds. The zero-order valence-electron chi connectivity index (χ0n) is 16.1. The van der Waals surface area contributed by atoms with Crippen LogP contribution in [0.3, 0.4) is 0 Å². The molecule has 2 aromatic carbocycles. The van der Waals surface area contributed by atoms with E-state index in [9.17, 15) is 5.11 Å². The lowest BCUT2D eigenvalue weighted by Crippen LogP contribution is -2.24. The van der Waals surface area contributed by atoms with Gasteiger partial charge in [-0.2, -0.15) is 0 Å². The number of aromatic hydroxyl groups is 1. The van der Waals surface area contributed by atoms with Crippen LogP contribution in [-0.2, 0) is 6.42 Å². The van der Waals surface area contributed by atoms with E-state index in [0.717, 1.165) is 28.2 Å². The number of methoxy groups -OCH3 is 1. The molecule has 2 unspecified atom stereocenters. The summed E-state index contributed by atoms with van der Waals surface area (Å²) in [6, 6.07) is 5.84. The highest BCUT2D eigenvalue weighted by atomic mass is 16.7. The number of allylic oxidation sites excluding steroid dienone is 2. The molecule has 0 radical (unpaired) electrons. The Hall–Kier alpha value is -3.02. The van der Waals surface area contributed by atoms with E-state index in [0.29, 0.717) is 30.3 Å². The maximum atomic E-state index is 10.7. The second-order valence-electron chi connectivity index (χ2n) is 7.52. The highest BCUT2D eigenvalue weighted by molar-refractivity contribution is 5.64. The van der Waals surface area contributed by atoms with Gasteiger partial charge >= 0.3 is 0 Å². The number of phenols is 1. The van der Waals surface area contributed by atoms with Gasteiger partial charge in [-0.15, -0.1) is 0 Å². The van der Waals surface area contributed by atoms with Crippen molar-refractivity contribution in [2.75, 3.05) is 20.5 Å². The lowest BCUT2D eigenvalue weighted by atomic mass is 9.87. The van der Waals surface area contributed by atoms with Crippen LogP contribution in [0, 0.1) is 0 Å². The number of ether oxygens (including phenoxy) is 5. The van der Waals surface area contributed by atoms with Crippen molar-refractivity contribution in [3.63, 3.8) is 0 Å². The van der Waals surface area contributed by atoms with Crippen LogP contribution in [0.5, 0.6) is 34.5 Å². The minimum atomic E-state index is -0.207. The fourth-order valence-corrected chi connectivity index (χ4v) is 4.07. The lowest BCUT2D eigenvalue weighted by molar-refractivity contribution is 0.134. The van der Waals surface area contributed by atoms with Crippen molar-refractivity contribution in [2.24, 2.45) is 0 Å². The largest absolute Gasteiger partial charge is 0.504 e. The van der Waals surface area contributed by atoms with E-state index in [4.69, 9.17) is 23.7 Å². The topological polar surface area (TPSA) is 66.4 Å². The maximum Gasteiger partial charge on any atom is 0.231 e. The van der Waals surface area contributed by atoms with Crippen LogP contribution < -0.4 is 23.7 Å². The molecule has 0 saturated carbocycles. The monoisotopic (exact) mass is 382 g/mol. The Bertz CT molecular complexity index is 989. The van der Waals surface area contributed by atoms with Crippen molar-refractivity contribution in [3.05, 3.63) is 46.5 Å². The van der Waals surface area contributed by atoms with E-state index >= 15 is 0 Å². The minimum Gasteiger partial charge on any atom is -0.504 e. The summed E-state index contributed by atoms with van der Waals surface area (Å²) in [7, 11) is 1.54. The number of benzene rings is 2. The fraction of sp³-hybridized carbons (Fsp3) is 0.364. The second kappa shape index (κ2) is 6.26. The van der Waals surface area contributed by atoms with E-state index < -0.39 is 0 Å². The summed E-state index contributed by atoms with van der Waals surface area (Å²) in [4.78, 5) is 0. The summed E-state index contributed by atoms with van der Waals surface area (Å²) in [6.07, 6.45) is 2.48. The highest BCUT2D eigenvalue weighted by Gasteiger charge is 2.43. The standard InChI is InChI=1S/C22H22O6/c1-11(2)4-5-12-6-14-20-15(9-25-21(14)22(24-3)19(12)23)13-7-17-18(27-10-26-17)8-16(13)28-20/h4,6-8,15,20,23H,5,9-10H2,1-3H3. The predicted octanol–water partition coefficient (Wildman–Crippen LogP) is 4.25. The molecule has 2 atom stereocenters. The van der Waals surface area contributed by atoms with E-state index in [1.807, 2.05) is 32.0 Å². The van der Waals surface area contributed by atoms with Crippen molar-refractivity contribution < 1.29 is 28.8 Å². The van der Waals surface area contributed by atoms with Gasteiger partial charge in [0.25, 0.3) is 0 Å². The number of hydrogen-bond donors (Lipinski definition) is 1. The maximum absolute atomic E-state index is 10.7. The van der Waals surface area contributed by atoms with Gasteiger partial charge in [-0.1, -0.05) is 11.6 Å². The predicted molar refractivity (Wildman–Crippen MR) is 102 cm³/mol. The first kappa shape index (κ1) is 17.1. The average molecular weight is 382 g/mol. The first-order valence-corrected chi connectivity index (χ1v) is 9.36. The van der Waals surface area contributed by atoms with Gasteiger partial charge < -0.3 is 28.8 Å². The molecule has 6 heteroatoms. The van der Waals surface area contributed by atoms with Crippen LogP contribution in [-0.4, -0.2) is 25.6 Å². The van der Waals surface area contributed by atoms with Crippen molar-refractivity contribution in [2.45, 2.75) is 32.3 Å². The van der Waals surface area contributed by atoms with E-state index in [1.165, 1.54) is 5.57 Å². The molecular weight excluding hydrogens is 360 g/mol. The molecule has 0 bridgehead atoms. The van der Waals surface area contributed by atoms with Crippen LogP contribution in [0.1, 0.15) is 42.6 Å². The van der Waals surface area contributed by atoms with Gasteiger partial charge in [0.2, 0.25) is 12.5 Å². The fourth-order valence-electron chi connectivity index (χ4n) is 4.07. The molecule has 2 aromatic rings. The van der Waals surface area contributed by atoms with Crippen LogP contribution in [0.25, 0.3) is 0 Å². The summed E-state index contributed by atoms with van der Waals surface area (Å²) in [5.41, 5.74) is 3.91. The molecule has 0 spiro atoms. The second-order valence-corrected chi connectivity index (χ2v) is 7.52. The Morgan fingerprint density at radius 2 is 1.89 bits per heavy atom. The zero-order chi connectivity index (χ0) is 19.4. The third-order valence-corrected chi connectivity index (χ3v) is 5.49. The van der Waals surface area contributed by atoms with Gasteiger partial charge in [0, 0.05) is 22.8 Å². The number of phenolic OH excluding ortho intramolecular Hbond substituents is 1. The molecule has 3 aliphatic heterocycles. The van der Waals surface area contributed by atoms with Gasteiger partial charge in [0.05, 0.1) is 19.6 Å². The van der Waals surface area contributed by atoms with Crippen LogP contribution in [0.2, 0.25) is 0 Å². The Morgan fingerprint density at radius 1 is 1.11 bits per heavy atom. The number of rotatable bonds is 3. The highest BCUT2D eigenvalue weighted by Crippen LogP contribution is 2.57. The minimum absolute atomic E-state index is 0.0440. The summed E-state index contributed by atoms with van der Waals surface area (Å²) in [6.45, 7) is 4.74. The van der Waals surface area contributed by atoms with Gasteiger partial charge in [-0.3, -0.25) is 0 Å². The first-order chi connectivity index (χ1) is 13.6. The van der Waals surface area contributed by atoms with E-state index in [2.05, 4.69) is 6.08 Å². The molecule has 6 nitrogen and oxygen atoms in total. The molecule has 3 aliphatic rings. The van der Waals surface area contributed by atoms with Crippen molar-refractivity contribution in [1.82, 2.24) is 0 Å².